The van der Waals surface area contributed by atoms with Crippen molar-refractivity contribution in [1.29, 1.82) is 0 Å². The van der Waals surface area contributed by atoms with Gasteiger partial charge in [0.2, 0.25) is 0 Å². The molecule has 52 heavy (non-hydrogen) atoms. The van der Waals surface area contributed by atoms with Crippen LogP contribution in [0.5, 0.6) is 23.0 Å². The van der Waals surface area contributed by atoms with Gasteiger partial charge in [0, 0.05) is 47.6 Å². The molecule has 4 aromatic carbocycles. The summed E-state index contributed by atoms with van der Waals surface area (Å²) in [5.41, 5.74) is 4.24. The quantitative estimate of drug-likeness (QED) is 0.0761. The Morgan fingerprint density at radius 3 is 1.48 bits per heavy atom. The van der Waals surface area contributed by atoms with E-state index in [9.17, 15) is 0 Å². The van der Waals surface area contributed by atoms with Crippen molar-refractivity contribution >= 4 is 33.2 Å². The van der Waals surface area contributed by atoms with Crippen molar-refractivity contribution in [2.75, 3.05) is 50.2 Å². The average Bonchev–Trinajstić information content (AvgIpc) is 3.19. The molecule has 0 fully saturated rings. The zero-order valence-electron chi connectivity index (χ0n) is 30.6. The van der Waals surface area contributed by atoms with E-state index in [4.69, 9.17) is 18.9 Å². The molecule has 0 saturated carbocycles. The molecular weight excluding hydrogens is 649 g/mol. The van der Waals surface area contributed by atoms with Crippen molar-refractivity contribution in [3.05, 3.63) is 122 Å². The third kappa shape index (κ3) is 12.1. The van der Waals surface area contributed by atoms with Crippen LogP contribution in [0.25, 0.3) is 21.8 Å². The molecule has 0 unspecified atom stereocenters. The van der Waals surface area contributed by atoms with E-state index in [2.05, 4.69) is 39.7 Å². The average molecular weight is 701 g/mol. The number of nitrogens with zero attached hydrogens (tertiary/aromatic N) is 2. The van der Waals surface area contributed by atoms with Crippen LogP contribution < -0.4 is 29.6 Å². The predicted octanol–water partition coefficient (Wildman–Crippen LogP) is 10.6. The Labute approximate surface area is 308 Å². The first-order valence-corrected chi connectivity index (χ1v) is 18.6. The van der Waals surface area contributed by atoms with Gasteiger partial charge >= 0.3 is 0 Å². The molecule has 0 atom stereocenters. The summed E-state index contributed by atoms with van der Waals surface area (Å²) >= 11 is 0. The second-order valence-corrected chi connectivity index (χ2v) is 12.3. The molecule has 272 valence electrons. The Kier molecular flexibility index (Phi) is 15.7. The summed E-state index contributed by atoms with van der Waals surface area (Å²) in [6, 6.07) is 36.0. The molecule has 2 heterocycles. The monoisotopic (exact) mass is 700 g/mol. The second-order valence-electron chi connectivity index (χ2n) is 12.3. The Morgan fingerprint density at radius 1 is 0.462 bits per heavy atom. The van der Waals surface area contributed by atoms with Gasteiger partial charge in [-0.25, -0.2) is 0 Å². The molecule has 2 N–H and O–H groups in total. The van der Waals surface area contributed by atoms with E-state index in [1.54, 1.807) is 0 Å². The molecule has 6 aromatic rings. The number of hydrogen-bond acceptors (Lipinski definition) is 8. The third-order valence-corrected chi connectivity index (χ3v) is 8.34. The maximum atomic E-state index is 5.84. The normalized spacial score (nSPS) is 10.7. The minimum Gasteiger partial charge on any atom is -0.494 e. The van der Waals surface area contributed by atoms with Crippen LogP contribution in [0.1, 0.15) is 52.4 Å². The Hall–Kier alpha value is -5.50. The molecule has 0 radical (unpaired) electrons. The largest absolute Gasteiger partial charge is 0.494 e. The summed E-state index contributed by atoms with van der Waals surface area (Å²) in [5, 5.41) is 9.23. The summed E-state index contributed by atoms with van der Waals surface area (Å²) in [7, 11) is 0. The standard InChI is InChI=1S/C24H30N2O2.C20H22N2O2/c1-2-3-4-7-18-27-20-11-13-21(14-12-20)28-19-8-16-25-24-15-17-26-23-10-6-5-9-22(23)24;1-2-23-19-10-5-6-11-20(19)24-15-7-13-21-18-12-14-22-17-9-4-3-8-16(17)18/h5-6,9-15,17H,2-4,7-8,16,18-19H2,1H3,(H,25,26);3-6,8-12,14H,2,7,13,15H2,1H3,(H,21,22). The number of para-hydroxylation sites is 4. The number of aromatic nitrogens is 2. The summed E-state index contributed by atoms with van der Waals surface area (Å²) in [6.07, 6.45) is 10.4. The maximum Gasteiger partial charge on any atom is 0.161 e. The van der Waals surface area contributed by atoms with E-state index in [1.807, 2.05) is 116 Å². The summed E-state index contributed by atoms with van der Waals surface area (Å²) in [4.78, 5) is 8.76. The van der Waals surface area contributed by atoms with Gasteiger partial charge in [0.15, 0.2) is 11.5 Å². The molecule has 0 aliphatic rings. The lowest BCUT2D eigenvalue weighted by atomic mass is 10.2. The van der Waals surface area contributed by atoms with Crippen molar-refractivity contribution in [3.63, 3.8) is 0 Å². The highest BCUT2D eigenvalue weighted by Gasteiger charge is 2.05. The number of hydrogen-bond donors (Lipinski definition) is 2. The van der Waals surface area contributed by atoms with Crippen LogP contribution in [0.15, 0.2) is 122 Å². The van der Waals surface area contributed by atoms with Crippen LogP contribution in [0.2, 0.25) is 0 Å². The second kappa shape index (κ2) is 21.7. The molecular formula is C44H52N4O4. The van der Waals surface area contributed by atoms with Crippen LogP contribution in [0, 0.1) is 0 Å². The number of fused-ring (bicyclic) bond motifs is 2. The van der Waals surface area contributed by atoms with Gasteiger partial charge in [0.1, 0.15) is 11.5 Å². The topological polar surface area (TPSA) is 86.8 Å². The first kappa shape index (κ1) is 37.7. The number of nitrogens with one attached hydrogen (secondary N) is 2. The van der Waals surface area contributed by atoms with Gasteiger partial charge < -0.3 is 29.6 Å². The maximum absolute atomic E-state index is 5.84. The SMILES string of the molecule is CCCCCCOc1ccc(OCCCNc2ccnc3ccccc23)cc1.CCOc1ccccc1OCCCNc1ccnc2ccccc12. The van der Waals surface area contributed by atoms with E-state index in [0.717, 1.165) is 95.1 Å². The molecule has 0 spiro atoms. The van der Waals surface area contributed by atoms with Crippen LogP contribution in [0.4, 0.5) is 11.4 Å². The lowest BCUT2D eigenvalue weighted by Crippen LogP contribution is -2.08. The summed E-state index contributed by atoms with van der Waals surface area (Å²) in [6.45, 7) is 8.62. The summed E-state index contributed by atoms with van der Waals surface area (Å²) < 4.78 is 23.0. The van der Waals surface area contributed by atoms with Crippen LogP contribution >= 0.6 is 0 Å². The van der Waals surface area contributed by atoms with E-state index in [-0.39, 0.29) is 0 Å². The number of unbranched alkanes of at least 4 members (excludes halogenated alkanes) is 3. The zero-order chi connectivity index (χ0) is 36.1. The number of rotatable bonds is 20. The number of pyridine rings is 2. The molecule has 8 heteroatoms. The van der Waals surface area contributed by atoms with Crippen molar-refractivity contribution in [2.45, 2.75) is 52.4 Å². The number of benzene rings is 4. The molecule has 2 aromatic heterocycles. The lowest BCUT2D eigenvalue weighted by Gasteiger charge is -2.12. The molecule has 0 aliphatic heterocycles. The van der Waals surface area contributed by atoms with Crippen LogP contribution in [0.3, 0.4) is 0 Å². The fourth-order valence-electron chi connectivity index (χ4n) is 5.66. The highest BCUT2D eigenvalue weighted by atomic mass is 16.5. The fourth-order valence-corrected chi connectivity index (χ4v) is 5.66. The van der Waals surface area contributed by atoms with Gasteiger partial charge in [-0.15, -0.1) is 0 Å². The summed E-state index contributed by atoms with van der Waals surface area (Å²) in [5.74, 6) is 3.39. The molecule has 0 saturated heterocycles. The van der Waals surface area contributed by atoms with Gasteiger partial charge in [0.25, 0.3) is 0 Å². The highest BCUT2D eigenvalue weighted by molar-refractivity contribution is 5.91. The van der Waals surface area contributed by atoms with Crippen molar-refractivity contribution in [2.24, 2.45) is 0 Å². The first-order valence-electron chi connectivity index (χ1n) is 18.6. The van der Waals surface area contributed by atoms with Crippen LogP contribution in [-0.2, 0) is 0 Å². The minimum absolute atomic E-state index is 0.636. The lowest BCUT2D eigenvalue weighted by molar-refractivity contribution is 0.275. The molecule has 6 rings (SSSR count). The van der Waals surface area contributed by atoms with Crippen molar-refractivity contribution in [1.82, 2.24) is 9.97 Å². The Bertz CT molecular complexity index is 1890. The molecule has 8 nitrogen and oxygen atoms in total. The Balaban J connectivity index is 0.000000203. The molecule has 0 bridgehead atoms. The predicted molar refractivity (Wildman–Crippen MR) is 214 cm³/mol. The van der Waals surface area contributed by atoms with E-state index in [0.29, 0.717) is 19.8 Å². The molecule has 0 amide bonds. The Morgan fingerprint density at radius 2 is 0.942 bits per heavy atom. The van der Waals surface area contributed by atoms with Gasteiger partial charge in [-0.1, -0.05) is 74.7 Å². The number of ether oxygens (including phenoxy) is 4. The van der Waals surface area contributed by atoms with E-state index >= 15 is 0 Å². The number of anilines is 2. The van der Waals surface area contributed by atoms with Crippen molar-refractivity contribution in [3.8, 4) is 23.0 Å². The minimum atomic E-state index is 0.636. The zero-order valence-corrected chi connectivity index (χ0v) is 30.6. The van der Waals surface area contributed by atoms with E-state index < -0.39 is 0 Å². The van der Waals surface area contributed by atoms with Gasteiger partial charge in [0.05, 0.1) is 37.5 Å². The van der Waals surface area contributed by atoms with E-state index in [1.165, 1.54) is 19.3 Å². The fraction of sp³-hybridized carbons (Fsp3) is 0.318. The van der Waals surface area contributed by atoms with Gasteiger partial charge in [-0.05, 0) is 86.8 Å². The van der Waals surface area contributed by atoms with Crippen LogP contribution in [-0.4, -0.2) is 49.5 Å². The van der Waals surface area contributed by atoms with Crippen molar-refractivity contribution < 1.29 is 18.9 Å². The smallest absolute Gasteiger partial charge is 0.161 e. The molecule has 0 aliphatic carbocycles. The van der Waals surface area contributed by atoms with Gasteiger partial charge in [-0.2, -0.15) is 0 Å². The first-order chi connectivity index (χ1) is 25.7. The van der Waals surface area contributed by atoms with Gasteiger partial charge in [-0.3, -0.25) is 9.97 Å². The third-order valence-electron chi connectivity index (χ3n) is 8.34. The highest BCUT2D eigenvalue weighted by Crippen LogP contribution is 2.27.